The van der Waals surface area contributed by atoms with Crippen molar-refractivity contribution < 1.29 is 9.47 Å². The quantitative estimate of drug-likeness (QED) is 0.850. The Balaban J connectivity index is 1.99. The molecule has 0 bridgehead atoms. The Labute approximate surface area is 107 Å². The number of ether oxygens (including phenoxy) is 2. The van der Waals surface area contributed by atoms with E-state index in [1.165, 1.54) is 0 Å². The van der Waals surface area contributed by atoms with E-state index in [0.29, 0.717) is 18.4 Å². The topological polar surface area (TPSA) is 59.5 Å². The molecule has 18 heavy (non-hydrogen) atoms. The first-order valence-corrected chi connectivity index (χ1v) is 6.36. The lowest BCUT2D eigenvalue weighted by Crippen LogP contribution is -2.40. The molecule has 1 aromatic heterocycles. The van der Waals surface area contributed by atoms with Crippen molar-refractivity contribution in [2.45, 2.75) is 20.3 Å². The number of hydrogen-bond donors (Lipinski definition) is 1. The van der Waals surface area contributed by atoms with E-state index in [9.17, 15) is 0 Å². The highest BCUT2D eigenvalue weighted by atomic mass is 16.5. The van der Waals surface area contributed by atoms with Gasteiger partial charge in [-0.2, -0.15) is 4.98 Å². The summed E-state index contributed by atoms with van der Waals surface area (Å²) in [6, 6.07) is 1.85. The van der Waals surface area contributed by atoms with Gasteiger partial charge < -0.3 is 9.47 Å². The van der Waals surface area contributed by atoms with E-state index in [1.807, 2.05) is 13.0 Å². The molecule has 6 heteroatoms. The molecule has 0 amide bonds. The molecule has 100 valence electrons. The molecule has 6 nitrogen and oxygen atoms in total. The number of aromatic nitrogens is 2. The number of nitrogens with one attached hydrogen (secondary N) is 1. The Morgan fingerprint density at radius 1 is 1.39 bits per heavy atom. The van der Waals surface area contributed by atoms with Crippen molar-refractivity contribution in [3.05, 3.63) is 11.8 Å². The molecular weight excluding hydrogens is 232 g/mol. The third kappa shape index (κ3) is 3.82. The van der Waals surface area contributed by atoms with Crippen molar-refractivity contribution >= 4 is 5.95 Å². The Morgan fingerprint density at radius 3 is 2.89 bits per heavy atom. The second-order valence-corrected chi connectivity index (χ2v) is 4.23. The van der Waals surface area contributed by atoms with Crippen LogP contribution in [0.4, 0.5) is 5.95 Å². The first-order valence-electron chi connectivity index (χ1n) is 6.36. The van der Waals surface area contributed by atoms with E-state index >= 15 is 0 Å². The van der Waals surface area contributed by atoms with Gasteiger partial charge in [0, 0.05) is 24.8 Å². The van der Waals surface area contributed by atoms with E-state index in [1.54, 1.807) is 0 Å². The third-order valence-electron chi connectivity index (χ3n) is 2.55. The van der Waals surface area contributed by atoms with Gasteiger partial charge in [0.1, 0.15) is 0 Å². The van der Waals surface area contributed by atoms with Crippen LogP contribution in [0.3, 0.4) is 0 Å². The lowest BCUT2D eigenvalue weighted by Gasteiger charge is -2.27. The van der Waals surface area contributed by atoms with Crippen LogP contribution in [-0.2, 0) is 4.74 Å². The van der Waals surface area contributed by atoms with Crippen molar-refractivity contribution in [1.29, 1.82) is 0 Å². The van der Waals surface area contributed by atoms with Gasteiger partial charge in [0.05, 0.1) is 19.8 Å². The number of aryl methyl sites for hydroxylation is 1. The molecule has 1 aliphatic heterocycles. The third-order valence-corrected chi connectivity index (χ3v) is 2.55. The highest BCUT2D eigenvalue weighted by Gasteiger charge is 2.12. The van der Waals surface area contributed by atoms with Gasteiger partial charge in [-0.15, -0.1) is 0 Å². The van der Waals surface area contributed by atoms with Crippen molar-refractivity contribution in [1.82, 2.24) is 15.0 Å². The molecule has 0 spiro atoms. The van der Waals surface area contributed by atoms with Crippen LogP contribution in [0.1, 0.15) is 19.0 Å². The standard InChI is InChI=1S/C12H20N4O2/c1-3-6-18-11-9-10(2)13-12(14-11)15-16-4-7-17-8-5-16/h9H,3-8H2,1-2H3,(H,13,14,15). The van der Waals surface area contributed by atoms with E-state index < -0.39 is 0 Å². The SMILES string of the molecule is CCCOc1cc(C)nc(NN2CCOCC2)n1. The van der Waals surface area contributed by atoms with Crippen LogP contribution < -0.4 is 10.2 Å². The summed E-state index contributed by atoms with van der Waals surface area (Å²) in [5, 5.41) is 2.06. The van der Waals surface area contributed by atoms with Crippen molar-refractivity contribution in [2.75, 3.05) is 38.3 Å². The summed E-state index contributed by atoms with van der Waals surface area (Å²) in [5.74, 6) is 1.21. The van der Waals surface area contributed by atoms with Crippen LogP contribution in [0.5, 0.6) is 5.88 Å². The van der Waals surface area contributed by atoms with Gasteiger partial charge in [0.2, 0.25) is 11.8 Å². The maximum absolute atomic E-state index is 5.53. The molecule has 1 aliphatic rings. The molecule has 1 aromatic rings. The minimum Gasteiger partial charge on any atom is -0.478 e. The maximum Gasteiger partial charge on any atom is 0.241 e. The number of morpholine rings is 1. The minimum atomic E-state index is 0.586. The molecule has 0 aromatic carbocycles. The molecular formula is C12H20N4O2. The largest absolute Gasteiger partial charge is 0.478 e. The zero-order valence-corrected chi connectivity index (χ0v) is 11.0. The van der Waals surface area contributed by atoms with Gasteiger partial charge in [0.25, 0.3) is 0 Å². The number of hydrazine groups is 1. The first-order chi connectivity index (χ1) is 8.78. The number of anilines is 1. The minimum absolute atomic E-state index is 0.586. The second-order valence-electron chi connectivity index (χ2n) is 4.23. The highest BCUT2D eigenvalue weighted by molar-refractivity contribution is 5.29. The molecule has 0 unspecified atom stereocenters. The number of rotatable bonds is 5. The van der Waals surface area contributed by atoms with Gasteiger partial charge in [-0.05, 0) is 13.3 Å². The maximum atomic E-state index is 5.53. The van der Waals surface area contributed by atoms with E-state index in [4.69, 9.17) is 9.47 Å². The van der Waals surface area contributed by atoms with Crippen LogP contribution >= 0.6 is 0 Å². The number of nitrogens with zero attached hydrogens (tertiary/aromatic N) is 3. The molecule has 2 rings (SSSR count). The Morgan fingerprint density at radius 2 is 2.17 bits per heavy atom. The summed E-state index contributed by atoms with van der Waals surface area (Å²) >= 11 is 0. The van der Waals surface area contributed by atoms with Gasteiger partial charge in [-0.1, -0.05) is 6.92 Å². The van der Waals surface area contributed by atoms with E-state index in [2.05, 4.69) is 27.3 Å². The summed E-state index contributed by atoms with van der Waals surface area (Å²) < 4.78 is 10.8. The lowest BCUT2D eigenvalue weighted by molar-refractivity contribution is 0.0492. The smallest absolute Gasteiger partial charge is 0.241 e. The van der Waals surface area contributed by atoms with Crippen LogP contribution in [0.15, 0.2) is 6.07 Å². The number of hydrogen-bond acceptors (Lipinski definition) is 6. The highest BCUT2D eigenvalue weighted by Crippen LogP contribution is 2.13. The molecule has 0 radical (unpaired) electrons. The molecule has 0 saturated carbocycles. The van der Waals surface area contributed by atoms with Gasteiger partial charge in [0.15, 0.2) is 0 Å². The molecule has 1 fully saturated rings. The van der Waals surface area contributed by atoms with Gasteiger partial charge >= 0.3 is 0 Å². The summed E-state index contributed by atoms with van der Waals surface area (Å²) in [7, 11) is 0. The fourth-order valence-corrected chi connectivity index (χ4v) is 1.69. The second kappa shape index (κ2) is 6.51. The predicted molar refractivity (Wildman–Crippen MR) is 68.6 cm³/mol. The van der Waals surface area contributed by atoms with Crippen LogP contribution in [-0.4, -0.2) is 47.9 Å². The fraction of sp³-hybridized carbons (Fsp3) is 0.667. The summed E-state index contributed by atoms with van der Waals surface area (Å²) in [4.78, 5) is 8.69. The summed E-state index contributed by atoms with van der Waals surface area (Å²) in [5.41, 5.74) is 4.08. The zero-order chi connectivity index (χ0) is 12.8. The van der Waals surface area contributed by atoms with Crippen LogP contribution in [0.2, 0.25) is 0 Å². The van der Waals surface area contributed by atoms with Crippen LogP contribution in [0.25, 0.3) is 0 Å². The first kappa shape index (κ1) is 13.0. The average molecular weight is 252 g/mol. The fourth-order valence-electron chi connectivity index (χ4n) is 1.69. The molecule has 1 saturated heterocycles. The van der Waals surface area contributed by atoms with E-state index in [0.717, 1.165) is 38.4 Å². The van der Waals surface area contributed by atoms with Crippen molar-refractivity contribution in [3.63, 3.8) is 0 Å². The normalized spacial score (nSPS) is 16.6. The monoisotopic (exact) mass is 252 g/mol. The summed E-state index contributed by atoms with van der Waals surface area (Å²) in [6.07, 6.45) is 0.968. The molecule has 0 atom stereocenters. The van der Waals surface area contributed by atoms with E-state index in [-0.39, 0.29) is 0 Å². The molecule has 1 N–H and O–H groups in total. The molecule has 0 aliphatic carbocycles. The Kier molecular flexibility index (Phi) is 4.72. The lowest BCUT2D eigenvalue weighted by atomic mass is 10.4. The van der Waals surface area contributed by atoms with Crippen molar-refractivity contribution in [2.24, 2.45) is 0 Å². The van der Waals surface area contributed by atoms with Gasteiger partial charge in [-0.25, -0.2) is 9.99 Å². The molecule has 2 heterocycles. The Hall–Kier alpha value is -1.40. The predicted octanol–water partition coefficient (Wildman–Crippen LogP) is 1.23. The zero-order valence-electron chi connectivity index (χ0n) is 11.0. The van der Waals surface area contributed by atoms with Crippen LogP contribution in [0, 0.1) is 6.92 Å². The average Bonchev–Trinajstić information content (AvgIpc) is 2.37. The van der Waals surface area contributed by atoms with Crippen molar-refractivity contribution in [3.8, 4) is 5.88 Å². The van der Waals surface area contributed by atoms with Gasteiger partial charge in [-0.3, -0.25) is 5.43 Å². The Bertz CT molecular complexity index is 380. The summed E-state index contributed by atoms with van der Waals surface area (Å²) in [6.45, 7) is 7.82.